The van der Waals surface area contributed by atoms with Crippen LogP contribution in [0.15, 0.2) is 12.1 Å². The molecule has 0 atom stereocenters. The smallest absolute Gasteiger partial charge is 0.254 e. The Labute approximate surface area is 123 Å². The molecule has 116 valence electrons. The van der Waals surface area contributed by atoms with Crippen LogP contribution in [0, 0.1) is 11.6 Å². The number of likely N-dealkylation sites (N-methyl/N-ethyl adjacent to an activating group) is 1. The maximum atomic E-state index is 13.7. The zero-order chi connectivity index (χ0) is 15.4. The lowest BCUT2D eigenvalue weighted by atomic mass is 10.1. The zero-order valence-corrected chi connectivity index (χ0v) is 12.2. The molecule has 1 fully saturated rings. The summed E-state index contributed by atoms with van der Waals surface area (Å²) in [6.45, 7) is 1.07. The summed E-state index contributed by atoms with van der Waals surface area (Å²) in [4.78, 5) is 14.1. The number of nitrogens with one attached hydrogen (secondary N) is 1. The zero-order valence-electron chi connectivity index (χ0n) is 12.2. The lowest BCUT2D eigenvalue weighted by molar-refractivity contribution is 0.0942. The van der Waals surface area contributed by atoms with Gasteiger partial charge < -0.3 is 16.0 Å². The van der Waals surface area contributed by atoms with E-state index in [2.05, 4.69) is 10.2 Å². The van der Waals surface area contributed by atoms with Gasteiger partial charge in [-0.05, 0) is 32.0 Å². The van der Waals surface area contributed by atoms with Crippen molar-refractivity contribution in [1.82, 2.24) is 10.2 Å². The van der Waals surface area contributed by atoms with Gasteiger partial charge in [-0.15, -0.1) is 0 Å². The predicted molar refractivity (Wildman–Crippen MR) is 78.0 cm³/mol. The normalized spacial score (nSPS) is 15.6. The second-order valence-electron chi connectivity index (χ2n) is 5.53. The van der Waals surface area contributed by atoms with Crippen LogP contribution in [0.3, 0.4) is 0 Å². The molecule has 1 aliphatic rings. The molecule has 21 heavy (non-hydrogen) atoms. The third-order valence-electron chi connectivity index (χ3n) is 4.01. The Bertz CT molecular complexity index is 516. The van der Waals surface area contributed by atoms with Gasteiger partial charge in [-0.1, -0.05) is 12.8 Å². The number of anilines is 1. The second kappa shape index (κ2) is 6.85. The largest absolute Gasteiger partial charge is 0.396 e. The molecular formula is C15H21F2N3O. The summed E-state index contributed by atoms with van der Waals surface area (Å²) >= 11 is 0. The van der Waals surface area contributed by atoms with E-state index in [4.69, 9.17) is 5.73 Å². The number of benzene rings is 1. The number of hydrogen-bond acceptors (Lipinski definition) is 3. The van der Waals surface area contributed by atoms with Crippen LogP contribution >= 0.6 is 0 Å². The van der Waals surface area contributed by atoms with Gasteiger partial charge in [0.15, 0.2) is 5.82 Å². The van der Waals surface area contributed by atoms with E-state index >= 15 is 0 Å². The monoisotopic (exact) mass is 297 g/mol. The molecule has 0 saturated heterocycles. The van der Waals surface area contributed by atoms with Gasteiger partial charge in [-0.3, -0.25) is 4.79 Å². The number of nitrogens with two attached hydrogens (primary N) is 1. The maximum Gasteiger partial charge on any atom is 0.254 e. The molecular weight excluding hydrogens is 276 g/mol. The van der Waals surface area contributed by atoms with Crippen LogP contribution in [0.4, 0.5) is 14.5 Å². The van der Waals surface area contributed by atoms with Gasteiger partial charge in [0.1, 0.15) is 5.82 Å². The maximum absolute atomic E-state index is 13.7. The lowest BCUT2D eigenvalue weighted by Gasteiger charge is -2.23. The Morgan fingerprint density at radius 2 is 2.05 bits per heavy atom. The first-order valence-electron chi connectivity index (χ1n) is 7.22. The van der Waals surface area contributed by atoms with Crippen LogP contribution in [0.2, 0.25) is 0 Å². The molecule has 0 aromatic heterocycles. The molecule has 0 unspecified atom stereocenters. The molecule has 0 heterocycles. The minimum Gasteiger partial charge on any atom is -0.396 e. The van der Waals surface area contributed by atoms with Crippen LogP contribution in [0.5, 0.6) is 0 Å². The van der Waals surface area contributed by atoms with Crippen LogP contribution in [0.25, 0.3) is 0 Å². The summed E-state index contributed by atoms with van der Waals surface area (Å²) in [5.74, 6) is -2.24. The number of nitrogen functional groups attached to an aromatic ring is 1. The number of halogens is 2. The van der Waals surface area contributed by atoms with Gasteiger partial charge in [0.25, 0.3) is 5.91 Å². The number of carbonyl (C=O) groups is 1. The third kappa shape index (κ3) is 3.91. The van der Waals surface area contributed by atoms with E-state index in [-0.39, 0.29) is 11.3 Å². The predicted octanol–water partition coefficient (Wildman–Crippen LogP) is 2.15. The summed E-state index contributed by atoms with van der Waals surface area (Å²) in [6, 6.07) is 2.28. The number of rotatable bonds is 5. The fourth-order valence-electron chi connectivity index (χ4n) is 2.74. The summed E-state index contributed by atoms with van der Waals surface area (Å²) in [5, 5.41) is 2.61. The van der Waals surface area contributed by atoms with Gasteiger partial charge in [-0.2, -0.15) is 0 Å². The standard InChI is InChI=1S/C15H21F2N3O/c1-20(11-4-2-3-5-11)7-6-19-15(21)12-8-10(16)9-13(18)14(12)17/h8-9,11H,2-7,18H2,1H3,(H,19,21). The highest BCUT2D eigenvalue weighted by Crippen LogP contribution is 2.22. The van der Waals surface area contributed by atoms with Crippen molar-refractivity contribution in [2.75, 3.05) is 25.9 Å². The van der Waals surface area contributed by atoms with Crippen LogP contribution in [-0.4, -0.2) is 37.0 Å². The molecule has 0 bridgehead atoms. The van der Waals surface area contributed by atoms with Crippen molar-refractivity contribution in [3.05, 3.63) is 29.3 Å². The van der Waals surface area contributed by atoms with Gasteiger partial charge in [0.2, 0.25) is 0 Å². The molecule has 1 amide bonds. The minimum absolute atomic E-state index is 0.351. The second-order valence-corrected chi connectivity index (χ2v) is 5.53. The first kappa shape index (κ1) is 15.7. The molecule has 6 heteroatoms. The molecule has 1 saturated carbocycles. The highest BCUT2D eigenvalue weighted by atomic mass is 19.1. The fourth-order valence-corrected chi connectivity index (χ4v) is 2.74. The number of amides is 1. The van der Waals surface area contributed by atoms with Crippen molar-refractivity contribution >= 4 is 11.6 Å². The molecule has 1 aliphatic carbocycles. The summed E-state index contributed by atoms with van der Waals surface area (Å²) in [6.07, 6.45) is 4.85. The first-order chi connectivity index (χ1) is 9.99. The highest BCUT2D eigenvalue weighted by molar-refractivity contribution is 5.95. The van der Waals surface area contributed by atoms with Gasteiger partial charge >= 0.3 is 0 Å². The van der Waals surface area contributed by atoms with Crippen molar-refractivity contribution in [3.8, 4) is 0 Å². The highest BCUT2D eigenvalue weighted by Gasteiger charge is 2.20. The van der Waals surface area contributed by atoms with E-state index in [1.165, 1.54) is 25.7 Å². The molecule has 1 aromatic rings. The molecule has 0 spiro atoms. The number of hydrogen-bond donors (Lipinski definition) is 2. The molecule has 2 rings (SSSR count). The van der Waals surface area contributed by atoms with E-state index in [0.717, 1.165) is 12.1 Å². The average Bonchev–Trinajstić information content (AvgIpc) is 2.96. The lowest BCUT2D eigenvalue weighted by Crippen LogP contribution is -2.37. The minimum atomic E-state index is -0.877. The van der Waals surface area contributed by atoms with Crippen molar-refractivity contribution in [2.24, 2.45) is 0 Å². The summed E-state index contributed by atoms with van der Waals surface area (Å²) in [7, 11) is 2.02. The number of nitrogens with zero attached hydrogens (tertiary/aromatic N) is 1. The Morgan fingerprint density at radius 1 is 1.38 bits per heavy atom. The van der Waals surface area contributed by atoms with Crippen LogP contribution < -0.4 is 11.1 Å². The average molecular weight is 297 g/mol. The van der Waals surface area contributed by atoms with E-state index in [0.29, 0.717) is 19.1 Å². The summed E-state index contributed by atoms with van der Waals surface area (Å²) < 4.78 is 26.9. The van der Waals surface area contributed by atoms with Gasteiger partial charge in [0, 0.05) is 19.1 Å². The van der Waals surface area contributed by atoms with E-state index in [9.17, 15) is 13.6 Å². The van der Waals surface area contributed by atoms with Crippen LogP contribution in [0.1, 0.15) is 36.0 Å². The quantitative estimate of drug-likeness (QED) is 0.819. The van der Waals surface area contributed by atoms with E-state index in [1.807, 2.05) is 7.05 Å². The first-order valence-corrected chi connectivity index (χ1v) is 7.22. The fraction of sp³-hybridized carbons (Fsp3) is 0.533. The van der Waals surface area contributed by atoms with E-state index < -0.39 is 17.5 Å². The van der Waals surface area contributed by atoms with Gasteiger partial charge in [-0.25, -0.2) is 8.78 Å². The Hall–Kier alpha value is -1.69. The third-order valence-corrected chi connectivity index (χ3v) is 4.01. The Morgan fingerprint density at radius 3 is 2.71 bits per heavy atom. The molecule has 4 nitrogen and oxygen atoms in total. The Balaban J connectivity index is 1.87. The molecule has 1 aromatic carbocycles. The molecule has 3 N–H and O–H groups in total. The van der Waals surface area contributed by atoms with Crippen molar-refractivity contribution in [2.45, 2.75) is 31.7 Å². The van der Waals surface area contributed by atoms with Crippen LogP contribution in [-0.2, 0) is 0 Å². The van der Waals surface area contributed by atoms with Crippen molar-refractivity contribution < 1.29 is 13.6 Å². The summed E-state index contributed by atoms with van der Waals surface area (Å²) in [5.41, 5.74) is 4.61. The Kier molecular flexibility index (Phi) is 5.12. The topological polar surface area (TPSA) is 58.4 Å². The SMILES string of the molecule is CN(CCNC(=O)c1cc(F)cc(N)c1F)C1CCCC1. The molecule has 0 radical (unpaired) electrons. The van der Waals surface area contributed by atoms with Crippen molar-refractivity contribution in [1.29, 1.82) is 0 Å². The van der Waals surface area contributed by atoms with Crippen molar-refractivity contribution in [3.63, 3.8) is 0 Å². The van der Waals surface area contributed by atoms with E-state index in [1.54, 1.807) is 0 Å². The molecule has 0 aliphatic heterocycles. The van der Waals surface area contributed by atoms with Gasteiger partial charge in [0.05, 0.1) is 11.3 Å². The number of carbonyl (C=O) groups excluding carboxylic acids is 1.